The second kappa shape index (κ2) is 8.22. The van der Waals surface area contributed by atoms with Crippen LogP contribution in [0.5, 0.6) is 5.75 Å². The molecule has 0 saturated heterocycles. The van der Waals surface area contributed by atoms with E-state index in [0.29, 0.717) is 25.4 Å². The molecule has 0 unspecified atom stereocenters. The zero-order valence-corrected chi connectivity index (χ0v) is 12.2. The van der Waals surface area contributed by atoms with Crippen LogP contribution in [-0.2, 0) is 11.2 Å². The Morgan fingerprint density at radius 2 is 1.62 bits per heavy atom. The van der Waals surface area contributed by atoms with E-state index in [-0.39, 0.29) is 0 Å². The number of aldehydes is 1. The Morgan fingerprint density at radius 1 is 0.905 bits per heavy atom. The molecule has 0 N–H and O–H groups in total. The minimum atomic E-state index is 0.508. The zero-order chi connectivity index (χ0) is 14.9. The van der Waals surface area contributed by atoms with Gasteiger partial charge in [-0.25, -0.2) is 0 Å². The number of aryl methyl sites for hydroxylation is 1. The number of rotatable bonds is 8. The predicted octanol–water partition coefficient (Wildman–Crippen LogP) is 3.45. The maximum Gasteiger partial charge on any atom is 0.150 e. The lowest BCUT2D eigenvalue weighted by molar-refractivity contribution is 0.102. The third kappa shape index (κ3) is 5.40. The fourth-order valence-electron chi connectivity index (χ4n) is 1.91. The Hall–Kier alpha value is -2.13. The summed E-state index contributed by atoms with van der Waals surface area (Å²) in [7, 11) is 0. The summed E-state index contributed by atoms with van der Waals surface area (Å²) in [4.78, 5) is 10.5. The van der Waals surface area contributed by atoms with E-state index < -0.39 is 0 Å². The van der Waals surface area contributed by atoms with E-state index in [1.165, 1.54) is 11.1 Å². The van der Waals surface area contributed by atoms with Gasteiger partial charge in [-0.05, 0) is 43.2 Å². The quantitative estimate of drug-likeness (QED) is 0.550. The second-order valence-electron chi connectivity index (χ2n) is 4.88. The summed E-state index contributed by atoms with van der Waals surface area (Å²) < 4.78 is 11.1. The number of ether oxygens (including phenoxy) is 2. The second-order valence-corrected chi connectivity index (χ2v) is 4.88. The summed E-state index contributed by atoms with van der Waals surface area (Å²) in [6.45, 7) is 3.84. The van der Waals surface area contributed by atoms with Gasteiger partial charge >= 0.3 is 0 Å². The Balaban J connectivity index is 1.59. The van der Waals surface area contributed by atoms with E-state index in [9.17, 15) is 4.79 Å². The van der Waals surface area contributed by atoms with Gasteiger partial charge in [0.1, 0.15) is 18.6 Å². The van der Waals surface area contributed by atoms with Crippen molar-refractivity contribution >= 4 is 6.29 Å². The van der Waals surface area contributed by atoms with Gasteiger partial charge in [-0.3, -0.25) is 4.79 Å². The normalized spacial score (nSPS) is 10.3. The first-order chi connectivity index (χ1) is 10.3. The minimum absolute atomic E-state index is 0.508. The number of carbonyl (C=O) groups is 1. The summed E-state index contributed by atoms with van der Waals surface area (Å²) in [5, 5.41) is 0. The molecule has 0 amide bonds. The minimum Gasteiger partial charge on any atom is -0.491 e. The molecular formula is C18H20O3. The van der Waals surface area contributed by atoms with Crippen LogP contribution in [0.1, 0.15) is 21.5 Å². The fourth-order valence-corrected chi connectivity index (χ4v) is 1.91. The standard InChI is InChI=1S/C18H20O3/c1-15-2-4-16(5-3-15)10-11-20-12-13-21-18-8-6-17(14-19)7-9-18/h2-9,14H,10-13H2,1H3. The molecule has 0 aliphatic heterocycles. The molecule has 110 valence electrons. The molecule has 0 atom stereocenters. The Bertz CT molecular complexity index is 544. The van der Waals surface area contributed by atoms with E-state index in [1.54, 1.807) is 24.3 Å². The molecule has 0 aliphatic rings. The maximum atomic E-state index is 10.5. The van der Waals surface area contributed by atoms with Crippen molar-refractivity contribution in [2.75, 3.05) is 19.8 Å². The van der Waals surface area contributed by atoms with Gasteiger partial charge in [0.05, 0.1) is 13.2 Å². The molecular weight excluding hydrogens is 264 g/mol. The highest BCUT2D eigenvalue weighted by atomic mass is 16.5. The van der Waals surface area contributed by atoms with Gasteiger partial charge in [0.2, 0.25) is 0 Å². The van der Waals surface area contributed by atoms with Crippen molar-refractivity contribution in [1.29, 1.82) is 0 Å². The van der Waals surface area contributed by atoms with Crippen molar-refractivity contribution in [2.45, 2.75) is 13.3 Å². The average Bonchev–Trinajstić information content (AvgIpc) is 2.53. The van der Waals surface area contributed by atoms with Gasteiger partial charge in [0.25, 0.3) is 0 Å². The van der Waals surface area contributed by atoms with Crippen LogP contribution in [0.4, 0.5) is 0 Å². The molecule has 2 aromatic carbocycles. The predicted molar refractivity (Wildman–Crippen MR) is 83.0 cm³/mol. The molecule has 0 fully saturated rings. The van der Waals surface area contributed by atoms with Crippen molar-refractivity contribution in [1.82, 2.24) is 0 Å². The number of hydrogen-bond donors (Lipinski definition) is 0. The van der Waals surface area contributed by atoms with Crippen molar-refractivity contribution < 1.29 is 14.3 Å². The smallest absolute Gasteiger partial charge is 0.150 e. The van der Waals surface area contributed by atoms with E-state index in [0.717, 1.165) is 18.5 Å². The highest BCUT2D eigenvalue weighted by Gasteiger charge is 1.96. The summed E-state index contributed by atoms with van der Waals surface area (Å²) in [6, 6.07) is 15.5. The van der Waals surface area contributed by atoms with Gasteiger partial charge in [0.15, 0.2) is 0 Å². The molecule has 3 heteroatoms. The first-order valence-electron chi connectivity index (χ1n) is 7.09. The highest BCUT2D eigenvalue weighted by Crippen LogP contribution is 2.10. The Morgan fingerprint density at radius 3 is 2.29 bits per heavy atom. The van der Waals surface area contributed by atoms with Crippen LogP contribution in [0.25, 0.3) is 0 Å². The molecule has 0 bridgehead atoms. The number of benzene rings is 2. The molecule has 0 aromatic heterocycles. The molecule has 0 saturated carbocycles. The molecule has 21 heavy (non-hydrogen) atoms. The SMILES string of the molecule is Cc1ccc(CCOCCOc2ccc(C=O)cc2)cc1. The topological polar surface area (TPSA) is 35.5 Å². The monoisotopic (exact) mass is 284 g/mol. The lowest BCUT2D eigenvalue weighted by Crippen LogP contribution is -2.08. The van der Waals surface area contributed by atoms with Crippen LogP contribution >= 0.6 is 0 Å². The van der Waals surface area contributed by atoms with Crippen LogP contribution in [0.3, 0.4) is 0 Å². The molecule has 2 rings (SSSR count). The molecule has 3 nitrogen and oxygen atoms in total. The third-order valence-electron chi connectivity index (χ3n) is 3.17. The lowest BCUT2D eigenvalue weighted by atomic mass is 10.1. The molecule has 0 heterocycles. The van der Waals surface area contributed by atoms with Gasteiger partial charge < -0.3 is 9.47 Å². The molecule has 0 spiro atoms. The average molecular weight is 284 g/mol. The van der Waals surface area contributed by atoms with Crippen molar-refractivity contribution in [3.05, 3.63) is 65.2 Å². The van der Waals surface area contributed by atoms with Crippen LogP contribution in [-0.4, -0.2) is 26.1 Å². The molecule has 0 aliphatic carbocycles. The van der Waals surface area contributed by atoms with E-state index in [1.807, 2.05) is 0 Å². The Labute approximate surface area is 125 Å². The van der Waals surface area contributed by atoms with E-state index in [2.05, 4.69) is 31.2 Å². The third-order valence-corrected chi connectivity index (χ3v) is 3.17. The highest BCUT2D eigenvalue weighted by molar-refractivity contribution is 5.74. The largest absolute Gasteiger partial charge is 0.491 e. The summed E-state index contributed by atoms with van der Waals surface area (Å²) in [5.41, 5.74) is 3.20. The van der Waals surface area contributed by atoms with E-state index >= 15 is 0 Å². The fraction of sp³-hybridized carbons (Fsp3) is 0.278. The van der Waals surface area contributed by atoms with Gasteiger partial charge in [-0.15, -0.1) is 0 Å². The van der Waals surface area contributed by atoms with Crippen LogP contribution < -0.4 is 4.74 Å². The lowest BCUT2D eigenvalue weighted by Gasteiger charge is -2.07. The van der Waals surface area contributed by atoms with Crippen molar-refractivity contribution in [3.63, 3.8) is 0 Å². The summed E-state index contributed by atoms with van der Waals surface area (Å²) in [5.74, 6) is 0.753. The van der Waals surface area contributed by atoms with Crippen LogP contribution in [0.15, 0.2) is 48.5 Å². The van der Waals surface area contributed by atoms with Crippen molar-refractivity contribution in [3.8, 4) is 5.75 Å². The van der Waals surface area contributed by atoms with Gasteiger partial charge in [-0.1, -0.05) is 29.8 Å². The van der Waals surface area contributed by atoms with Crippen LogP contribution in [0.2, 0.25) is 0 Å². The van der Waals surface area contributed by atoms with Gasteiger partial charge in [0, 0.05) is 5.56 Å². The number of carbonyl (C=O) groups excluding carboxylic acids is 1. The van der Waals surface area contributed by atoms with Gasteiger partial charge in [-0.2, -0.15) is 0 Å². The maximum absolute atomic E-state index is 10.5. The summed E-state index contributed by atoms with van der Waals surface area (Å²) in [6.07, 6.45) is 1.73. The van der Waals surface area contributed by atoms with Crippen LogP contribution in [0, 0.1) is 6.92 Å². The first-order valence-corrected chi connectivity index (χ1v) is 7.09. The first kappa shape index (κ1) is 15.3. The van der Waals surface area contributed by atoms with E-state index in [4.69, 9.17) is 9.47 Å². The Kier molecular flexibility index (Phi) is 5.98. The zero-order valence-electron chi connectivity index (χ0n) is 12.2. The summed E-state index contributed by atoms with van der Waals surface area (Å²) >= 11 is 0. The molecule has 0 radical (unpaired) electrons. The number of hydrogen-bond acceptors (Lipinski definition) is 3. The molecule has 2 aromatic rings. The van der Waals surface area contributed by atoms with Crippen molar-refractivity contribution in [2.24, 2.45) is 0 Å².